The predicted molar refractivity (Wildman–Crippen MR) is 86.4 cm³/mol. The summed E-state index contributed by atoms with van der Waals surface area (Å²) in [5.74, 6) is 0. The van der Waals surface area contributed by atoms with Gasteiger partial charge in [-0.2, -0.15) is 4.31 Å². The van der Waals surface area contributed by atoms with Crippen LogP contribution in [0.5, 0.6) is 0 Å². The van der Waals surface area contributed by atoms with E-state index in [0.29, 0.717) is 11.4 Å². The number of halogens is 1. The van der Waals surface area contributed by atoms with Gasteiger partial charge in [-0.15, -0.1) is 0 Å². The maximum Gasteiger partial charge on any atom is 0.243 e. The lowest BCUT2D eigenvalue weighted by atomic mass is 10.3. The lowest BCUT2D eigenvalue weighted by molar-refractivity contribution is 0.419. The van der Waals surface area contributed by atoms with Crippen LogP contribution in [-0.2, 0) is 16.6 Å². The highest BCUT2D eigenvalue weighted by Gasteiger charge is 2.23. The smallest absolute Gasteiger partial charge is 0.243 e. The Kier molecular flexibility index (Phi) is 5.13. The van der Waals surface area contributed by atoms with Gasteiger partial charge in [0, 0.05) is 16.7 Å². The highest BCUT2D eigenvalue weighted by atomic mass is 79.9. The third-order valence-corrected chi connectivity index (χ3v) is 5.55. The third kappa shape index (κ3) is 3.90. The van der Waals surface area contributed by atoms with Crippen LogP contribution in [0.15, 0.2) is 51.8 Å². The van der Waals surface area contributed by atoms with Crippen LogP contribution in [-0.4, -0.2) is 24.3 Å². The molecule has 0 fully saturated rings. The van der Waals surface area contributed by atoms with Crippen molar-refractivity contribution in [2.24, 2.45) is 0 Å². The summed E-state index contributed by atoms with van der Waals surface area (Å²) in [7, 11) is -3.51. The van der Waals surface area contributed by atoms with Crippen LogP contribution in [0.1, 0.15) is 18.3 Å². The molecule has 0 atom stereocenters. The molecule has 2 rings (SSSR count). The minimum absolute atomic E-state index is 0.274. The summed E-state index contributed by atoms with van der Waals surface area (Å²) >= 11 is 3.31. The Morgan fingerprint density at radius 1 is 1.14 bits per heavy atom. The first kappa shape index (κ1) is 16.1. The Labute approximate surface area is 134 Å². The first-order valence-electron chi connectivity index (χ1n) is 6.61. The van der Waals surface area contributed by atoms with Gasteiger partial charge in [0.2, 0.25) is 10.0 Å². The molecule has 1 heterocycles. The van der Waals surface area contributed by atoms with E-state index in [4.69, 9.17) is 0 Å². The fourth-order valence-electron chi connectivity index (χ4n) is 1.99. The molecule has 0 aliphatic heterocycles. The molecule has 2 aromatic rings. The van der Waals surface area contributed by atoms with Gasteiger partial charge in [0.15, 0.2) is 0 Å². The van der Waals surface area contributed by atoms with Crippen LogP contribution in [0.25, 0.3) is 0 Å². The summed E-state index contributed by atoms with van der Waals surface area (Å²) in [4.78, 5) is 4.66. The van der Waals surface area contributed by atoms with E-state index in [0.717, 1.165) is 15.9 Å². The van der Waals surface area contributed by atoms with Crippen LogP contribution in [0, 0.1) is 6.92 Å². The average Bonchev–Trinajstić information content (AvgIpc) is 2.45. The maximum absolute atomic E-state index is 12.6. The van der Waals surface area contributed by atoms with Crippen molar-refractivity contribution < 1.29 is 8.42 Å². The zero-order chi connectivity index (χ0) is 15.5. The van der Waals surface area contributed by atoms with Gasteiger partial charge in [-0.05, 0) is 43.3 Å². The van der Waals surface area contributed by atoms with Gasteiger partial charge in [-0.3, -0.25) is 4.98 Å². The molecular weight excluding hydrogens is 352 g/mol. The maximum atomic E-state index is 12.6. The number of sulfonamides is 1. The Balaban J connectivity index is 2.29. The van der Waals surface area contributed by atoms with Gasteiger partial charge in [-0.1, -0.05) is 28.9 Å². The second-order valence-electron chi connectivity index (χ2n) is 4.66. The molecule has 4 nitrogen and oxygen atoms in total. The van der Waals surface area contributed by atoms with Crippen molar-refractivity contribution in [3.8, 4) is 0 Å². The van der Waals surface area contributed by atoms with Crippen LogP contribution in [0.2, 0.25) is 0 Å². The van der Waals surface area contributed by atoms with Crippen molar-refractivity contribution in [1.82, 2.24) is 9.29 Å². The van der Waals surface area contributed by atoms with E-state index in [9.17, 15) is 8.42 Å². The zero-order valence-electron chi connectivity index (χ0n) is 12.0. The largest absolute Gasteiger partial charge is 0.257 e. The van der Waals surface area contributed by atoms with Crippen molar-refractivity contribution >= 4 is 26.0 Å². The van der Waals surface area contributed by atoms with Crippen LogP contribution >= 0.6 is 15.9 Å². The number of benzene rings is 1. The van der Waals surface area contributed by atoms with Gasteiger partial charge in [-0.25, -0.2) is 8.42 Å². The van der Waals surface area contributed by atoms with Crippen molar-refractivity contribution in [2.75, 3.05) is 6.54 Å². The summed E-state index contributed by atoms with van der Waals surface area (Å²) in [6.07, 6.45) is 0. The van der Waals surface area contributed by atoms with Crippen molar-refractivity contribution in [2.45, 2.75) is 25.3 Å². The first-order chi connectivity index (χ1) is 9.93. The number of aromatic nitrogens is 1. The average molecular weight is 369 g/mol. The quantitative estimate of drug-likeness (QED) is 0.812. The summed E-state index contributed by atoms with van der Waals surface area (Å²) in [5.41, 5.74) is 1.63. The molecule has 0 aliphatic rings. The minimum atomic E-state index is -3.51. The zero-order valence-corrected chi connectivity index (χ0v) is 14.4. The van der Waals surface area contributed by atoms with Crippen molar-refractivity contribution in [3.05, 3.63) is 58.3 Å². The molecule has 6 heteroatoms. The molecule has 0 radical (unpaired) electrons. The summed E-state index contributed by atoms with van der Waals surface area (Å²) in [6.45, 7) is 4.39. The molecule has 0 unspecified atom stereocenters. The van der Waals surface area contributed by atoms with E-state index in [1.807, 2.05) is 32.0 Å². The number of pyridine rings is 1. The first-order valence-corrected chi connectivity index (χ1v) is 8.85. The van der Waals surface area contributed by atoms with Crippen molar-refractivity contribution in [3.63, 3.8) is 0 Å². The lowest BCUT2D eigenvalue weighted by Crippen LogP contribution is -2.30. The molecule has 0 amide bonds. The highest BCUT2D eigenvalue weighted by Crippen LogP contribution is 2.20. The van der Waals surface area contributed by atoms with E-state index in [1.54, 1.807) is 24.3 Å². The number of rotatable bonds is 5. The van der Waals surface area contributed by atoms with Gasteiger partial charge in [0.05, 0.1) is 17.1 Å². The van der Waals surface area contributed by atoms with Crippen molar-refractivity contribution in [1.29, 1.82) is 0 Å². The van der Waals surface area contributed by atoms with E-state index >= 15 is 0 Å². The summed E-state index contributed by atoms with van der Waals surface area (Å²) < 4.78 is 27.6. The minimum Gasteiger partial charge on any atom is -0.257 e. The van der Waals surface area contributed by atoms with Crippen LogP contribution in [0.3, 0.4) is 0 Å². The Morgan fingerprint density at radius 3 is 2.38 bits per heavy atom. The molecule has 1 aromatic heterocycles. The molecule has 0 spiro atoms. The number of nitrogens with zero attached hydrogens (tertiary/aromatic N) is 2. The number of aryl methyl sites for hydroxylation is 1. The molecule has 0 aliphatic carbocycles. The van der Waals surface area contributed by atoms with Crippen LogP contribution < -0.4 is 0 Å². The molecule has 0 N–H and O–H groups in total. The van der Waals surface area contributed by atoms with Gasteiger partial charge in [0.1, 0.15) is 0 Å². The summed E-state index contributed by atoms with van der Waals surface area (Å²) in [5, 5.41) is 0. The monoisotopic (exact) mass is 368 g/mol. The highest BCUT2D eigenvalue weighted by molar-refractivity contribution is 9.10. The fraction of sp³-hybridized carbons (Fsp3) is 0.267. The standard InChI is InChI=1S/C15H17BrN2O2S/c1-3-18(11-14-6-4-5-12(2)17-14)21(19,20)15-9-7-13(16)8-10-15/h4-10H,3,11H2,1-2H3. The molecular formula is C15H17BrN2O2S. The molecule has 1 aromatic carbocycles. The van der Waals surface area contributed by atoms with Gasteiger partial charge in [0.25, 0.3) is 0 Å². The second kappa shape index (κ2) is 6.68. The Morgan fingerprint density at radius 2 is 1.81 bits per heavy atom. The summed E-state index contributed by atoms with van der Waals surface area (Å²) in [6, 6.07) is 12.3. The van der Waals surface area contributed by atoms with E-state index in [1.165, 1.54) is 4.31 Å². The molecule has 0 bridgehead atoms. The van der Waals surface area contributed by atoms with E-state index < -0.39 is 10.0 Å². The SMILES string of the molecule is CCN(Cc1cccc(C)n1)S(=O)(=O)c1ccc(Br)cc1. The number of hydrogen-bond donors (Lipinski definition) is 0. The molecule has 112 valence electrons. The van der Waals surface area contributed by atoms with Gasteiger partial charge < -0.3 is 0 Å². The third-order valence-electron chi connectivity index (χ3n) is 3.09. The van der Waals surface area contributed by atoms with Gasteiger partial charge >= 0.3 is 0 Å². The fourth-order valence-corrected chi connectivity index (χ4v) is 3.68. The molecule has 0 saturated heterocycles. The second-order valence-corrected chi connectivity index (χ2v) is 7.51. The lowest BCUT2D eigenvalue weighted by Gasteiger charge is -2.20. The van der Waals surface area contributed by atoms with Crippen LogP contribution in [0.4, 0.5) is 0 Å². The Bertz CT molecular complexity index is 715. The molecule has 0 saturated carbocycles. The Hall–Kier alpha value is -1.24. The number of hydrogen-bond acceptors (Lipinski definition) is 3. The predicted octanol–water partition coefficient (Wildman–Crippen LogP) is 3.36. The van der Waals surface area contributed by atoms with E-state index in [2.05, 4.69) is 20.9 Å². The normalized spacial score (nSPS) is 11.8. The van der Waals surface area contributed by atoms with E-state index in [-0.39, 0.29) is 6.54 Å². The molecule has 21 heavy (non-hydrogen) atoms. The topological polar surface area (TPSA) is 50.3 Å².